The van der Waals surface area contributed by atoms with Gasteiger partial charge in [0.15, 0.2) is 0 Å². The van der Waals surface area contributed by atoms with Gasteiger partial charge in [-0.05, 0) is 18.6 Å². The van der Waals surface area contributed by atoms with Crippen molar-refractivity contribution in [3.63, 3.8) is 0 Å². The largest absolute Gasteiger partial charge is 0.133 e. The molecule has 0 saturated heterocycles. The second-order valence-electron chi connectivity index (χ2n) is 1.54. The summed E-state index contributed by atoms with van der Waals surface area (Å²) in [4.78, 5) is 0. The standard InChI is InChI=1S/C5H5ClS2/c1-3-2-4(7)8-5(3)6/h2,7H,1H3. The molecule has 1 heterocycles. The number of thiol groups is 1. The SMILES string of the molecule is Cc1cc(S)sc1Cl. The lowest BCUT2D eigenvalue weighted by Crippen LogP contribution is -1.55. The van der Waals surface area contributed by atoms with E-state index >= 15 is 0 Å². The van der Waals surface area contributed by atoms with Crippen molar-refractivity contribution in [2.24, 2.45) is 0 Å². The second kappa shape index (κ2) is 2.29. The van der Waals surface area contributed by atoms with Gasteiger partial charge in [0.25, 0.3) is 0 Å². The smallest absolute Gasteiger partial charge is 0.0969 e. The molecule has 1 rings (SSSR count). The van der Waals surface area contributed by atoms with Gasteiger partial charge in [0.1, 0.15) is 0 Å². The maximum Gasteiger partial charge on any atom is 0.0969 e. The first kappa shape index (κ1) is 6.46. The summed E-state index contributed by atoms with van der Waals surface area (Å²) in [6, 6.07) is 1.95. The lowest BCUT2D eigenvalue weighted by molar-refractivity contribution is 1.52. The highest BCUT2D eigenvalue weighted by molar-refractivity contribution is 7.83. The Labute approximate surface area is 62.9 Å². The van der Waals surface area contributed by atoms with E-state index < -0.39 is 0 Å². The molecule has 1 aromatic heterocycles. The fraction of sp³-hybridized carbons (Fsp3) is 0.200. The molecule has 0 atom stereocenters. The molecule has 0 spiro atoms. The van der Waals surface area contributed by atoms with Crippen LogP contribution < -0.4 is 0 Å². The average molecular weight is 165 g/mol. The van der Waals surface area contributed by atoms with E-state index in [1.165, 1.54) is 11.3 Å². The normalized spacial score (nSPS) is 9.88. The Kier molecular flexibility index (Phi) is 1.85. The topological polar surface area (TPSA) is 0 Å². The molecule has 0 aliphatic heterocycles. The lowest BCUT2D eigenvalue weighted by Gasteiger charge is -1.76. The first-order valence-electron chi connectivity index (χ1n) is 2.15. The zero-order chi connectivity index (χ0) is 6.15. The summed E-state index contributed by atoms with van der Waals surface area (Å²) in [5.41, 5.74) is 1.11. The molecule has 1 aromatic rings. The molecule has 0 fully saturated rings. The summed E-state index contributed by atoms with van der Waals surface area (Å²) in [6.45, 7) is 1.97. The third kappa shape index (κ3) is 1.19. The highest BCUT2D eigenvalue weighted by atomic mass is 35.5. The zero-order valence-electron chi connectivity index (χ0n) is 4.31. The number of rotatable bonds is 0. The van der Waals surface area contributed by atoms with E-state index in [-0.39, 0.29) is 0 Å². The molecule has 0 N–H and O–H groups in total. The van der Waals surface area contributed by atoms with E-state index in [1.54, 1.807) is 0 Å². The Morgan fingerprint density at radius 2 is 2.38 bits per heavy atom. The van der Waals surface area contributed by atoms with Gasteiger partial charge in [0.2, 0.25) is 0 Å². The van der Waals surface area contributed by atoms with Crippen LogP contribution >= 0.6 is 35.6 Å². The molecule has 0 aliphatic rings. The zero-order valence-corrected chi connectivity index (χ0v) is 6.78. The van der Waals surface area contributed by atoms with Gasteiger partial charge >= 0.3 is 0 Å². The molecule has 0 amide bonds. The molecule has 0 radical (unpaired) electrons. The predicted molar refractivity (Wildman–Crippen MR) is 41.3 cm³/mol. The number of hydrogen-bond acceptors (Lipinski definition) is 2. The monoisotopic (exact) mass is 164 g/mol. The van der Waals surface area contributed by atoms with Crippen molar-refractivity contribution >= 4 is 35.6 Å². The van der Waals surface area contributed by atoms with Gasteiger partial charge in [-0.25, -0.2) is 0 Å². The van der Waals surface area contributed by atoms with Crippen molar-refractivity contribution in [1.82, 2.24) is 0 Å². The maximum absolute atomic E-state index is 5.70. The van der Waals surface area contributed by atoms with Crippen LogP contribution in [0.4, 0.5) is 0 Å². The van der Waals surface area contributed by atoms with Crippen molar-refractivity contribution < 1.29 is 0 Å². The fourth-order valence-electron chi connectivity index (χ4n) is 0.444. The van der Waals surface area contributed by atoms with Gasteiger partial charge in [-0.1, -0.05) is 11.6 Å². The van der Waals surface area contributed by atoms with E-state index in [4.69, 9.17) is 11.6 Å². The van der Waals surface area contributed by atoms with E-state index in [9.17, 15) is 0 Å². The van der Waals surface area contributed by atoms with Crippen LogP contribution in [0.15, 0.2) is 10.3 Å². The summed E-state index contributed by atoms with van der Waals surface area (Å²) in [5.74, 6) is 0. The first-order chi connectivity index (χ1) is 3.70. The van der Waals surface area contributed by atoms with Gasteiger partial charge in [0, 0.05) is 0 Å². The quantitative estimate of drug-likeness (QED) is 0.560. The van der Waals surface area contributed by atoms with Gasteiger partial charge in [0.05, 0.1) is 8.55 Å². The van der Waals surface area contributed by atoms with Gasteiger partial charge in [-0.3, -0.25) is 0 Å². The molecule has 0 saturated carbocycles. The van der Waals surface area contributed by atoms with E-state index in [0.717, 1.165) is 14.1 Å². The molecule has 0 nitrogen and oxygen atoms in total. The Bertz CT molecular complexity index is 173. The summed E-state index contributed by atoms with van der Waals surface area (Å²) < 4.78 is 1.82. The molecule has 0 aliphatic carbocycles. The highest BCUT2D eigenvalue weighted by Crippen LogP contribution is 2.28. The minimum absolute atomic E-state index is 0.843. The molecular weight excluding hydrogens is 160 g/mol. The molecule has 0 unspecified atom stereocenters. The van der Waals surface area contributed by atoms with Crippen molar-refractivity contribution in [2.45, 2.75) is 11.1 Å². The summed E-state index contributed by atoms with van der Waals surface area (Å²) in [5, 5.41) is 0. The van der Waals surface area contributed by atoms with Crippen LogP contribution in [0, 0.1) is 6.92 Å². The van der Waals surface area contributed by atoms with Crippen LogP contribution in [-0.4, -0.2) is 0 Å². The number of thiophene rings is 1. The third-order valence-corrected chi connectivity index (χ3v) is 2.60. The van der Waals surface area contributed by atoms with Crippen molar-refractivity contribution in [3.05, 3.63) is 16.0 Å². The van der Waals surface area contributed by atoms with Crippen LogP contribution in [0.1, 0.15) is 5.56 Å². The Hall–Kier alpha value is 0.340. The fourth-order valence-corrected chi connectivity index (χ4v) is 2.02. The summed E-state index contributed by atoms with van der Waals surface area (Å²) in [7, 11) is 0. The van der Waals surface area contributed by atoms with Crippen LogP contribution in [0.5, 0.6) is 0 Å². The molecule has 8 heavy (non-hydrogen) atoms. The number of aryl methyl sites for hydroxylation is 1. The molecule has 44 valence electrons. The van der Waals surface area contributed by atoms with Crippen LogP contribution in [-0.2, 0) is 0 Å². The minimum Gasteiger partial charge on any atom is -0.133 e. The summed E-state index contributed by atoms with van der Waals surface area (Å²) >= 11 is 11.3. The van der Waals surface area contributed by atoms with E-state index in [2.05, 4.69) is 12.6 Å². The second-order valence-corrected chi connectivity index (χ2v) is 3.98. The van der Waals surface area contributed by atoms with E-state index in [1.807, 2.05) is 13.0 Å². The average Bonchev–Trinajstić information content (AvgIpc) is 1.85. The van der Waals surface area contributed by atoms with Crippen molar-refractivity contribution in [2.75, 3.05) is 0 Å². The van der Waals surface area contributed by atoms with Crippen LogP contribution in [0.25, 0.3) is 0 Å². The molecule has 3 heteroatoms. The van der Waals surface area contributed by atoms with E-state index in [0.29, 0.717) is 0 Å². The number of halogens is 1. The Morgan fingerprint density at radius 3 is 2.50 bits per heavy atom. The highest BCUT2D eigenvalue weighted by Gasteiger charge is 1.96. The van der Waals surface area contributed by atoms with Gasteiger partial charge < -0.3 is 0 Å². The minimum atomic E-state index is 0.843. The third-order valence-electron chi connectivity index (χ3n) is 0.844. The van der Waals surface area contributed by atoms with Crippen LogP contribution in [0.3, 0.4) is 0 Å². The first-order valence-corrected chi connectivity index (χ1v) is 3.79. The maximum atomic E-state index is 5.70. The molecular formula is C5H5ClS2. The lowest BCUT2D eigenvalue weighted by atomic mass is 10.4. The van der Waals surface area contributed by atoms with Crippen molar-refractivity contribution in [3.8, 4) is 0 Å². The van der Waals surface area contributed by atoms with Gasteiger partial charge in [-0.2, -0.15) is 0 Å². The molecule has 0 aromatic carbocycles. The molecule has 0 bridgehead atoms. The Morgan fingerprint density at radius 1 is 1.75 bits per heavy atom. The number of hydrogen-bond donors (Lipinski definition) is 1. The summed E-state index contributed by atoms with van der Waals surface area (Å²) in [6.07, 6.45) is 0. The van der Waals surface area contributed by atoms with Crippen LogP contribution in [0.2, 0.25) is 4.34 Å². The van der Waals surface area contributed by atoms with Gasteiger partial charge in [-0.15, -0.1) is 24.0 Å². The predicted octanol–water partition coefficient (Wildman–Crippen LogP) is 3.00. The van der Waals surface area contributed by atoms with Crippen molar-refractivity contribution in [1.29, 1.82) is 0 Å². The Balaban J connectivity index is 3.14.